The molecule has 0 saturated carbocycles. The standard InChI is InChI=1S/C23H34N4O/c1-19(2)15-26(16-20(3)4)18-22(14-24)23(28)27-12-10-25(11-13-27)17-21-8-6-5-7-9-21/h5-9,18-20H,10-13,15-17H2,1-4H3/b22-18-. The van der Waals surface area contributed by atoms with Crippen LogP contribution in [0.5, 0.6) is 0 Å². The minimum Gasteiger partial charge on any atom is -0.376 e. The zero-order valence-electron chi connectivity index (χ0n) is 17.8. The van der Waals surface area contributed by atoms with Crippen LogP contribution in [0.25, 0.3) is 0 Å². The van der Waals surface area contributed by atoms with Crippen molar-refractivity contribution in [2.24, 2.45) is 11.8 Å². The smallest absolute Gasteiger partial charge is 0.266 e. The molecule has 1 aromatic carbocycles. The number of hydrogen-bond donors (Lipinski definition) is 0. The van der Waals surface area contributed by atoms with Gasteiger partial charge in [-0.2, -0.15) is 5.26 Å². The lowest BCUT2D eigenvalue weighted by atomic mass is 10.1. The Balaban J connectivity index is 1.96. The fourth-order valence-corrected chi connectivity index (χ4v) is 3.55. The summed E-state index contributed by atoms with van der Waals surface area (Å²) in [6.45, 7) is 14.2. The van der Waals surface area contributed by atoms with Crippen molar-refractivity contribution in [3.63, 3.8) is 0 Å². The lowest BCUT2D eigenvalue weighted by molar-refractivity contribution is -0.128. The third-order valence-corrected chi connectivity index (χ3v) is 4.77. The van der Waals surface area contributed by atoms with Crippen LogP contribution in [-0.4, -0.2) is 59.9 Å². The molecular formula is C23H34N4O. The van der Waals surface area contributed by atoms with E-state index in [9.17, 15) is 10.1 Å². The van der Waals surface area contributed by atoms with Crippen molar-refractivity contribution in [3.8, 4) is 6.07 Å². The molecule has 0 unspecified atom stereocenters. The molecule has 2 rings (SSSR count). The van der Waals surface area contributed by atoms with Crippen LogP contribution in [-0.2, 0) is 11.3 Å². The average molecular weight is 383 g/mol. The van der Waals surface area contributed by atoms with Gasteiger partial charge in [0.05, 0.1) is 0 Å². The molecule has 152 valence electrons. The highest BCUT2D eigenvalue weighted by Crippen LogP contribution is 2.13. The third kappa shape index (κ3) is 7.01. The van der Waals surface area contributed by atoms with Crippen LogP contribution in [0.15, 0.2) is 42.1 Å². The predicted octanol–water partition coefficient (Wildman–Crippen LogP) is 3.35. The molecule has 1 heterocycles. The summed E-state index contributed by atoms with van der Waals surface area (Å²) >= 11 is 0. The number of rotatable bonds is 8. The summed E-state index contributed by atoms with van der Waals surface area (Å²) in [4.78, 5) is 19.2. The zero-order chi connectivity index (χ0) is 20.5. The van der Waals surface area contributed by atoms with E-state index >= 15 is 0 Å². The Morgan fingerprint density at radius 2 is 1.64 bits per heavy atom. The van der Waals surface area contributed by atoms with Gasteiger partial charge in [0, 0.05) is 52.0 Å². The molecule has 1 aliphatic heterocycles. The number of carbonyl (C=O) groups is 1. The maximum absolute atomic E-state index is 12.9. The number of piperazine rings is 1. The van der Waals surface area contributed by atoms with Crippen molar-refractivity contribution in [2.45, 2.75) is 34.2 Å². The molecule has 1 amide bonds. The van der Waals surface area contributed by atoms with Crippen molar-refractivity contribution < 1.29 is 4.79 Å². The summed E-state index contributed by atoms with van der Waals surface area (Å²) in [5, 5.41) is 9.59. The topological polar surface area (TPSA) is 50.6 Å². The highest BCUT2D eigenvalue weighted by molar-refractivity contribution is 5.97. The highest BCUT2D eigenvalue weighted by atomic mass is 16.2. The first-order valence-corrected chi connectivity index (χ1v) is 10.3. The first-order valence-electron chi connectivity index (χ1n) is 10.3. The minimum atomic E-state index is -0.139. The van der Waals surface area contributed by atoms with E-state index in [2.05, 4.69) is 67.8 Å². The number of nitriles is 1. The Kier molecular flexibility index (Phi) is 8.53. The van der Waals surface area contributed by atoms with Gasteiger partial charge >= 0.3 is 0 Å². The monoisotopic (exact) mass is 382 g/mol. The van der Waals surface area contributed by atoms with Crippen LogP contribution < -0.4 is 0 Å². The number of hydrogen-bond acceptors (Lipinski definition) is 4. The maximum Gasteiger partial charge on any atom is 0.266 e. The number of carbonyl (C=O) groups excluding carboxylic acids is 1. The van der Waals surface area contributed by atoms with Gasteiger partial charge in [-0.3, -0.25) is 9.69 Å². The van der Waals surface area contributed by atoms with Crippen molar-refractivity contribution in [1.82, 2.24) is 14.7 Å². The second kappa shape index (κ2) is 10.9. The van der Waals surface area contributed by atoms with E-state index in [0.29, 0.717) is 24.9 Å². The fraction of sp³-hybridized carbons (Fsp3) is 0.565. The van der Waals surface area contributed by atoms with Crippen LogP contribution in [0, 0.1) is 23.2 Å². The second-order valence-corrected chi connectivity index (χ2v) is 8.45. The summed E-state index contributed by atoms with van der Waals surface area (Å²) in [5.41, 5.74) is 1.54. The third-order valence-electron chi connectivity index (χ3n) is 4.77. The predicted molar refractivity (Wildman–Crippen MR) is 113 cm³/mol. The first kappa shape index (κ1) is 22.0. The Labute approximate surface area is 170 Å². The Morgan fingerprint density at radius 3 is 2.14 bits per heavy atom. The van der Waals surface area contributed by atoms with Gasteiger partial charge < -0.3 is 9.80 Å². The van der Waals surface area contributed by atoms with Gasteiger partial charge in [0.1, 0.15) is 11.6 Å². The molecule has 0 bridgehead atoms. The van der Waals surface area contributed by atoms with Crippen LogP contribution in [0.3, 0.4) is 0 Å². The van der Waals surface area contributed by atoms with Gasteiger partial charge in [0.2, 0.25) is 0 Å². The van der Waals surface area contributed by atoms with Crippen molar-refractivity contribution in [1.29, 1.82) is 5.26 Å². The molecule has 28 heavy (non-hydrogen) atoms. The Morgan fingerprint density at radius 1 is 1.07 bits per heavy atom. The SMILES string of the molecule is CC(C)CN(/C=C(/C#N)C(=O)N1CCN(Cc2ccccc2)CC1)CC(C)C. The van der Waals surface area contributed by atoms with Crippen LogP contribution in [0.1, 0.15) is 33.3 Å². The summed E-state index contributed by atoms with van der Waals surface area (Å²) in [6, 6.07) is 12.5. The van der Waals surface area contributed by atoms with E-state index < -0.39 is 0 Å². The lowest BCUT2D eigenvalue weighted by Gasteiger charge is -2.35. The van der Waals surface area contributed by atoms with Crippen molar-refractivity contribution in [2.75, 3.05) is 39.3 Å². The molecule has 0 radical (unpaired) electrons. The van der Waals surface area contributed by atoms with Crippen LogP contribution in [0.4, 0.5) is 0 Å². The van der Waals surface area contributed by atoms with Crippen molar-refractivity contribution >= 4 is 5.91 Å². The van der Waals surface area contributed by atoms with E-state index in [1.54, 1.807) is 6.20 Å². The molecule has 0 aliphatic carbocycles. The summed E-state index contributed by atoms with van der Waals surface area (Å²) in [6.07, 6.45) is 1.78. The first-order chi connectivity index (χ1) is 13.4. The molecule has 0 atom stereocenters. The number of nitrogens with zero attached hydrogens (tertiary/aromatic N) is 4. The lowest BCUT2D eigenvalue weighted by Crippen LogP contribution is -2.48. The van der Waals surface area contributed by atoms with Gasteiger partial charge in [-0.15, -0.1) is 0 Å². The van der Waals surface area contributed by atoms with Gasteiger partial charge in [-0.1, -0.05) is 58.0 Å². The van der Waals surface area contributed by atoms with Crippen LogP contribution >= 0.6 is 0 Å². The van der Waals surface area contributed by atoms with Gasteiger partial charge in [0.25, 0.3) is 5.91 Å². The van der Waals surface area contributed by atoms with Gasteiger partial charge in [-0.25, -0.2) is 0 Å². The van der Waals surface area contributed by atoms with E-state index in [-0.39, 0.29) is 11.5 Å². The molecule has 1 saturated heterocycles. The van der Waals surface area contributed by atoms with E-state index in [0.717, 1.165) is 32.7 Å². The Hall–Kier alpha value is -2.32. The molecular weight excluding hydrogens is 348 g/mol. The number of benzene rings is 1. The second-order valence-electron chi connectivity index (χ2n) is 8.45. The normalized spacial score (nSPS) is 15.8. The average Bonchev–Trinajstić information content (AvgIpc) is 2.66. The van der Waals surface area contributed by atoms with Gasteiger partial charge in [0.15, 0.2) is 0 Å². The molecule has 5 heteroatoms. The zero-order valence-corrected chi connectivity index (χ0v) is 17.8. The van der Waals surface area contributed by atoms with E-state index in [1.165, 1.54) is 5.56 Å². The summed E-state index contributed by atoms with van der Waals surface area (Å²) in [5.74, 6) is 0.817. The molecule has 1 aliphatic rings. The van der Waals surface area contributed by atoms with Crippen LogP contribution in [0.2, 0.25) is 0 Å². The largest absolute Gasteiger partial charge is 0.376 e. The van der Waals surface area contributed by atoms with E-state index in [1.807, 2.05) is 11.0 Å². The molecule has 1 aromatic rings. The molecule has 5 nitrogen and oxygen atoms in total. The Bertz CT molecular complexity index is 672. The van der Waals surface area contributed by atoms with E-state index in [4.69, 9.17) is 0 Å². The highest BCUT2D eigenvalue weighted by Gasteiger charge is 2.24. The molecule has 0 aromatic heterocycles. The van der Waals surface area contributed by atoms with Gasteiger partial charge in [-0.05, 0) is 17.4 Å². The fourth-order valence-electron chi connectivity index (χ4n) is 3.55. The van der Waals surface area contributed by atoms with Crippen molar-refractivity contribution in [3.05, 3.63) is 47.7 Å². The quantitative estimate of drug-likeness (QED) is 0.511. The minimum absolute atomic E-state index is 0.139. The summed E-state index contributed by atoms with van der Waals surface area (Å²) in [7, 11) is 0. The molecule has 0 spiro atoms. The molecule has 1 fully saturated rings. The summed E-state index contributed by atoms with van der Waals surface area (Å²) < 4.78 is 0. The maximum atomic E-state index is 12.9. The molecule has 0 N–H and O–H groups in total. The number of amides is 1.